The Hall–Kier alpha value is -3.54. The summed E-state index contributed by atoms with van der Waals surface area (Å²) in [6.45, 7) is 13.5. The quantitative estimate of drug-likeness (QED) is 0.183. The monoisotopic (exact) mass is 557 g/mol. The predicted octanol–water partition coefficient (Wildman–Crippen LogP) is 4.74. The van der Waals surface area contributed by atoms with Crippen LogP contribution >= 0.6 is 0 Å². The van der Waals surface area contributed by atoms with Crippen molar-refractivity contribution in [1.82, 2.24) is 15.5 Å². The van der Waals surface area contributed by atoms with Crippen molar-refractivity contribution in [3.63, 3.8) is 0 Å². The molecule has 1 aromatic carbocycles. The Morgan fingerprint density at radius 1 is 1.05 bits per heavy atom. The first-order valence-electron chi connectivity index (χ1n) is 14.1. The van der Waals surface area contributed by atoms with E-state index in [2.05, 4.69) is 23.5 Å². The van der Waals surface area contributed by atoms with Crippen molar-refractivity contribution in [2.24, 2.45) is 5.92 Å². The number of carbonyl (C=O) groups excluding carboxylic acids is 4. The maximum Gasteiger partial charge on any atom is 0.408 e. The van der Waals surface area contributed by atoms with Gasteiger partial charge in [-0.3, -0.25) is 14.4 Å². The summed E-state index contributed by atoms with van der Waals surface area (Å²) in [6, 6.07) is 4.97. The van der Waals surface area contributed by atoms with Crippen molar-refractivity contribution in [2.45, 2.75) is 98.3 Å². The summed E-state index contributed by atoms with van der Waals surface area (Å²) in [7, 11) is 0. The molecule has 1 rings (SSSR count). The van der Waals surface area contributed by atoms with Crippen LogP contribution in [0.5, 0.6) is 0 Å². The average molecular weight is 558 g/mol. The van der Waals surface area contributed by atoms with Crippen molar-refractivity contribution < 1.29 is 28.7 Å². The van der Waals surface area contributed by atoms with Gasteiger partial charge in [0.25, 0.3) is 0 Å². The van der Waals surface area contributed by atoms with Crippen molar-refractivity contribution >= 4 is 23.9 Å². The molecular weight excluding hydrogens is 510 g/mol. The highest BCUT2D eigenvalue weighted by Crippen LogP contribution is 2.25. The fourth-order valence-corrected chi connectivity index (χ4v) is 4.09. The van der Waals surface area contributed by atoms with Crippen molar-refractivity contribution in [1.29, 1.82) is 0 Å². The SMILES string of the molecule is C#Cc1ccc(C(C(=O)NCCC(=O)OCC)N(CCCCC)C(=O)C(CC(C)C)NC(=O)OC(C)(C)C)cc1. The Labute approximate surface area is 239 Å². The van der Waals surface area contributed by atoms with Gasteiger partial charge < -0.3 is 25.0 Å². The summed E-state index contributed by atoms with van der Waals surface area (Å²) in [5, 5.41) is 5.53. The van der Waals surface area contributed by atoms with E-state index in [1.807, 2.05) is 13.8 Å². The molecule has 2 atom stereocenters. The molecule has 0 saturated carbocycles. The number of hydrogen-bond donors (Lipinski definition) is 2. The van der Waals surface area contributed by atoms with Gasteiger partial charge in [0.15, 0.2) is 0 Å². The summed E-state index contributed by atoms with van der Waals surface area (Å²) in [6.07, 6.45) is 7.62. The fourth-order valence-electron chi connectivity index (χ4n) is 4.09. The molecule has 0 heterocycles. The summed E-state index contributed by atoms with van der Waals surface area (Å²) < 4.78 is 10.4. The standard InChI is InChI=1S/C31H47N3O6/c1-9-12-13-20-34(29(37)25(21-22(4)5)33-30(38)40-31(6,7)8)27(24-16-14-23(10-2)15-17-24)28(36)32-19-18-26(35)39-11-3/h2,14-17,22,25,27H,9,11-13,18-21H2,1,3-8H3,(H,32,36)(H,33,38). The van der Waals surface area contributed by atoms with E-state index in [1.54, 1.807) is 52.0 Å². The average Bonchev–Trinajstić information content (AvgIpc) is 2.86. The number of carbonyl (C=O) groups is 4. The van der Waals surface area contributed by atoms with Gasteiger partial charge in [0.05, 0.1) is 13.0 Å². The van der Waals surface area contributed by atoms with Crippen LogP contribution < -0.4 is 10.6 Å². The Morgan fingerprint density at radius 3 is 2.23 bits per heavy atom. The van der Waals surface area contributed by atoms with Crippen molar-refractivity contribution in [2.75, 3.05) is 19.7 Å². The second-order valence-electron chi connectivity index (χ2n) is 11.1. The Kier molecular flexibility index (Phi) is 14.8. The lowest BCUT2D eigenvalue weighted by Gasteiger charge is -2.35. The zero-order valence-electron chi connectivity index (χ0n) is 25.2. The van der Waals surface area contributed by atoms with E-state index in [0.29, 0.717) is 30.5 Å². The van der Waals surface area contributed by atoms with Gasteiger partial charge in [-0.25, -0.2) is 4.79 Å². The van der Waals surface area contributed by atoms with Crippen LogP contribution in [0.4, 0.5) is 4.79 Å². The van der Waals surface area contributed by atoms with E-state index in [-0.39, 0.29) is 31.4 Å². The number of amides is 3. The fraction of sp³-hybridized carbons (Fsp3) is 0.613. The van der Waals surface area contributed by atoms with Gasteiger partial charge in [-0.2, -0.15) is 0 Å². The molecule has 2 N–H and O–H groups in total. The minimum atomic E-state index is -1.01. The topological polar surface area (TPSA) is 114 Å². The Balaban J connectivity index is 3.45. The van der Waals surface area contributed by atoms with Crippen molar-refractivity contribution in [3.05, 3.63) is 35.4 Å². The number of terminal acetylenes is 1. The largest absolute Gasteiger partial charge is 0.466 e. The second kappa shape index (κ2) is 17.2. The molecule has 9 nitrogen and oxygen atoms in total. The number of esters is 1. The van der Waals surface area contributed by atoms with Gasteiger partial charge in [-0.1, -0.05) is 51.7 Å². The number of ether oxygens (including phenoxy) is 2. The molecule has 222 valence electrons. The maximum absolute atomic E-state index is 14.2. The maximum atomic E-state index is 14.2. The molecule has 0 spiro atoms. The van der Waals surface area contributed by atoms with Gasteiger partial charge in [-0.05, 0) is 64.2 Å². The van der Waals surface area contributed by atoms with E-state index < -0.39 is 35.7 Å². The van der Waals surface area contributed by atoms with E-state index in [4.69, 9.17) is 15.9 Å². The molecular formula is C31H47N3O6. The zero-order valence-corrected chi connectivity index (χ0v) is 25.2. The lowest BCUT2D eigenvalue weighted by Crippen LogP contribution is -2.53. The molecule has 3 amide bonds. The molecule has 1 aromatic rings. The van der Waals surface area contributed by atoms with Crippen LogP contribution in [0.15, 0.2) is 24.3 Å². The van der Waals surface area contributed by atoms with Crippen LogP contribution in [0.3, 0.4) is 0 Å². The van der Waals surface area contributed by atoms with E-state index in [9.17, 15) is 19.2 Å². The van der Waals surface area contributed by atoms with Crippen LogP contribution in [0.25, 0.3) is 0 Å². The minimum Gasteiger partial charge on any atom is -0.466 e. The Morgan fingerprint density at radius 2 is 1.70 bits per heavy atom. The van der Waals surface area contributed by atoms with Gasteiger partial charge in [-0.15, -0.1) is 6.42 Å². The summed E-state index contributed by atoms with van der Waals surface area (Å²) >= 11 is 0. The zero-order chi connectivity index (χ0) is 30.3. The number of hydrogen-bond acceptors (Lipinski definition) is 6. The number of nitrogens with one attached hydrogen (secondary N) is 2. The van der Waals surface area contributed by atoms with Gasteiger partial charge in [0.2, 0.25) is 11.8 Å². The van der Waals surface area contributed by atoms with Crippen molar-refractivity contribution in [3.8, 4) is 12.3 Å². The normalized spacial score (nSPS) is 12.6. The van der Waals surface area contributed by atoms with Crippen LogP contribution in [0.1, 0.15) is 97.7 Å². The number of benzene rings is 1. The summed E-state index contributed by atoms with van der Waals surface area (Å²) in [5.74, 6) is 1.39. The van der Waals surface area contributed by atoms with Gasteiger partial charge in [0, 0.05) is 18.7 Å². The predicted molar refractivity (Wildman–Crippen MR) is 155 cm³/mol. The lowest BCUT2D eigenvalue weighted by atomic mass is 9.98. The molecule has 9 heteroatoms. The molecule has 0 aliphatic heterocycles. The van der Waals surface area contributed by atoms with E-state index in [1.165, 1.54) is 4.90 Å². The third kappa shape index (κ3) is 12.5. The van der Waals surface area contributed by atoms with Gasteiger partial charge >= 0.3 is 12.1 Å². The van der Waals surface area contributed by atoms with Gasteiger partial charge in [0.1, 0.15) is 17.7 Å². The van der Waals surface area contributed by atoms with E-state index in [0.717, 1.165) is 12.8 Å². The molecule has 40 heavy (non-hydrogen) atoms. The third-order valence-electron chi connectivity index (χ3n) is 5.87. The Bertz CT molecular complexity index is 1010. The molecule has 0 aliphatic rings. The highest BCUT2D eigenvalue weighted by molar-refractivity contribution is 5.92. The highest BCUT2D eigenvalue weighted by atomic mass is 16.6. The lowest BCUT2D eigenvalue weighted by molar-refractivity contribution is -0.144. The number of alkyl carbamates (subject to hydrolysis) is 1. The van der Waals surface area contributed by atoms with Crippen LogP contribution in [-0.2, 0) is 23.9 Å². The second-order valence-corrected chi connectivity index (χ2v) is 11.1. The molecule has 0 fully saturated rings. The first kappa shape index (κ1) is 34.5. The molecule has 0 saturated heterocycles. The number of rotatable bonds is 15. The molecule has 0 radical (unpaired) electrons. The highest BCUT2D eigenvalue weighted by Gasteiger charge is 2.36. The molecule has 0 bridgehead atoms. The number of nitrogens with zero attached hydrogens (tertiary/aromatic N) is 1. The van der Waals surface area contributed by atoms with Crippen LogP contribution in [-0.4, -0.2) is 60.1 Å². The van der Waals surface area contributed by atoms with Crippen LogP contribution in [0, 0.1) is 18.3 Å². The summed E-state index contributed by atoms with van der Waals surface area (Å²) in [4.78, 5) is 53.9. The molecule has 0 aliphatic carbocycles. The molecule has 0 aromatic heterocycles. The third-order valence-corrected chi connectivity index (χ3v) is 5.87. The number of unbranched alkanes of at least 4 members (excludes halogenated alkanes) is 2. The first-order valence-corrected chi connectivity index (χ1v) is 14.1. The first-order chi connectivity index (χ1) is 18.8. The summed E-state index contributed by atoms with van der Waals surface area (Å²) in [5.41, 5.74) is 0.465. The van der Waals surface area contributed by atoms with E-state index >= 15 is 0 Å². The van der Waals surface area contributed by atoms with Crippen LogP contribution in [0.2, 0.25) is 0 Å². The smallest absolute Gasteiger partial charge is 0.408 e. The molecule has 2 unspecified atom stereocenters. The minimum absolute atomic E-state index is 0.00227.